The van der Waals surface area contributed by atoms with Crippen molar-refractivity contribution in [1.29, 1.82) is 0 Å². The smallest absolute Gasteiger partial charge is 0.483 e. The van der Waals surface area contributed by atoms with Crippen LogP contribution < -0.4 is 0 Å². The van der Waals surface area contributed by atoms with E-state index in [2.05, 4.69) is 0 Å². The quantitative estimate of drug-likeness (QED) is 0.520. The summed E-state index contributed by atoms with van der Waals surface area (Å²) in [6.07, 6.45) is 1.61. The molecular formula is C10H17O5SSi. The summed E-state index contributed by atoms with van der Waals surface area (Å²) in [5.74, 6) is -0.124. The number of rotatable bonds is 7. The van der Waals surface area contributed by atoms with E-state index in [0.29, 0.717) is 6.04 Å². The number of thioether (sulfide) groups is 1. The van der Waals surface area contributed by atoms with Crippen LogP contribution in [0.15, 0.2) is 0 Å². The summed E-state index contributed by atoms with van der Waals surface area (Å²) in [5.41, 5.74) is 0. The maximum atomic E-state index is 10.8. The summed E-state index contributed by atoms with van der Waals surface area (Å²) in [7, 11) is -1.84. The average molecular weight is 277 g/mol. The normalized spacial score (nSPS) is 10.1. The average Bonchev–Trinajstić information content (AvgIpc) is 2.14. The highest BCUT2D eigenvalue weighted by Gasteiger charge is 2.22. The Morgan fingerprint density at radius 3 is 1.94 bits per heavy atom. The van der Waals surface area contributed by atoms with Gasteiger partial charge in [0.25, 0.3) is 11.9 Å². The zero-order valence-electron chi connectivity index (χ0n) is 10.3. The van der Waals surface area contributed by atoms with Crippen molar-refractivity contribution in [3.63, 3.8) is 0 Å². The Labute approximate surface area is 107 Å². The van der Waals surface area contributed by atoms with Gasteiger partial charge in [0.15, 0.2) is 5.12 Å². The summed E-state index contributed by atoms with van der Waals surface area (Å²) < 4.78 is 9.87. The molecule has 0 aromatic rings. The predicted octanol–water partition coefficient (Wildman–Crippen LogP) is 1.66. The van der Waals surface area contributed by atoms with E-state index < -0.39 is 21.2 Å². The molecule has 0 aromatic carbocycles. The van der Waals surface area contributed by atoms with E-state index in [0.717, 1.165) is 18.6 Å². The van der Waals surface area contributed by atoms with Crippen LogP contribution in [-0.2, 0) is 23.2 Å². The lowest BCUT2D eigenvalue weighted by Crippen LogP contribution is -2.27. The molecule has 0 aromatic heterocycles. The lowest BCUT2D eigenvalue weighted by Gasteiger charge is -2.12. The predicted molar refractivity (Wildman–Crippen MR) is 66.5 cm³/mol. The topological polar surface area (TPSA) is 69.7 Å². The van der Waals surface area contributed by atoms with Crippen molar-refractivity contribution in [3.05, 3.63) is 0 Å². The lowest BCUT2D eigenvalue weighted by molar-refractivity contribution is -0.137. The molecule has 0 aliphatic heterocycles. The minimum Gasteiger partial charge on any atom is -0.483 e. The van der Waals surface area contributed by atoms with Crippen molar-refractivity contribution in [2.75, 3.05) is 5.75 Å². The van der Waals surface area contributed by atoms with E-state index in [1.165, 1.54) is 32.5 Å². The monoisotopic (exact) mass is 277 g/mol. The van der Waals surface area contributed by atoms with Crippen LogP contribution in [0.4, 0.5) is 0 Å². The van der Waals surface area contributed by atoms with E-state index in [9.17, 15) is 14.4 Å². The second kappa shape index (κ2) is 9.23. The van der Waals surface area contributed by atoms with Crippen molar-refractivity contribution in [2.24, 2.45) is 0 Å². The largest absolute Gasteiger partial charge is 0.536 e. The van der Waals surface area contributed by atoms with Gasteiger partial charge in [-0.3, -0.25) is 14.4 Å². The first-order chi connectivity index (χ1) is 7.91. The fourth-order valence-corrected chi connectivity index (χ4v) is 3.09. The van der Waals surface area contributed by atoms with E-state index in [4.69, 9.17) is 8.85 Å². The van der Waals surface area contributed by atoms with Gasteiger partial charge in [-0.15, -0.1) is 0 Å². The summed E-state index contributed by atoms with van der Waals surface area (Å²) in [4.78, 5) is 32.2. The number of hydrogen-bond donors (Lipinski definition) is 0. The highest BCUT2D eigenvalue weighted by atomic mass is 32.2. The van der Waals surface area contributed by atoms with Crippen molar-refractivity contribution >= 4 is 38.1 Å². The maximum Gasteiger partial charge on any atom is 0.536 e. The fourth-order valence-electron chi connectivity index (χ4n) is 1.03. The molecule has 0 unspecified atom stereocenters. The molecule has 0 heterocycles. The Hall–Kier alpha value is -0.823. The van der Waals surface area contributed by atoms with Crippen LogP contribution in [0, 0.1) is 0 Å². The molecular weight excluding hydrogens is 260 g/mol. The first-order valence-electron chi connectivity index (χ1n) is 5.28. The van der Waals surface area contributed by atoms with Crippen molar-refractivity contribution in [2.45, 2.75) is 39.7 Å². The van der Waals surface area contributed by atoms with E-state index in [-0.39, 0.29) is 5.12 Å². The third kappa shape index (κ3) is 11.4. The van der Waals surface area contributed by atoms with Crippen LogP contribution in [-0.4, -0.2) is 32.1 Å². The number of carbonyl (C=O) groups excluding carboxylic acids is 3. The van der Waals surface area contributed by atoms with E-state index in [1.54, 1.807) is 0 Å². The van der Waals surface area contributed by atoms with Gasteiger partial charge in [0, 0.05) is 32.6 Å². The highest BCUT2D eigenvalue weighted by Crippen LogP contribution is 2.10. The summed E-state index contributed by atoms with van der Waals surface area (Å²) in [6.45, 7) is 4.11. The molecule has 1 radical (unpaired) electrons. The maximum absolute atomic E-state index is 10.8. The van der Waals surface area contributed by atoms with Gasteiger partial charge >= 0.3 is 9.28 Å². The first kappa shape index (κ1) is 16.2. The number of carbonyl (C=O) groups is 3. The van der Waals surface area contributed by atoms with Gasteiger partial charge in [0.05, 0.1) is 0 Å². The Balaban J connectivity index is 3.79. The Morgan fingerprint density at radius 2 is 1.53 bits per heavy atom. The lowest BCUT2D eigenvalue weighted by atomic mass is 10.4. The molecule has 17 heavy (non-hydrogen) atoms. The van der Waals surface area contributed by atoms with Gasteiger partial charge in [-0.2, -0.15) is 0 Å². The zero-order chi connectivity index (χ0) is 13.3. The number of hydrogen-bond acceptors (Lipinski definition) is 6. The molecule has 0 aliphatic rings. The van der Waals surface area contributed by atoms with E-state index in [1.807, 2.05) is 0 Å². The molecule has 0 spiro atoms. The minimum atomic E-state index is -1.84. The molecule has 0 bridgehead atoms. The van der Waals surface area contributed by atoms with Gasteiger partial charge in [-0.1, -0.05) is 11.8 Å². The molecule has 97 valence electrons. The van der Waals surface area contributed by atoms with Gasteiger partial charge in [-0.25, -0.2) is 0 Å². The Bertz CT molecular complexity index is 266. The molecule has 7 heteroatoms. The molecule has 0 N–H and O–H groups in total. The third-order valence-corrected chi connectivity index (χ3v) is 4.29. The van der Waals surface area contributed by atoms with Gasteiger partial charge in [0.2, 0.25) is 0 Å². The third-order valence-electron chi connectivity index (χ3n) is 1.60. The molecule has 0 fully saturated rings. The van der Waals surface area contributed by atoms with Crippen molar-refractivity contribution in [3.8, 4) is 0 Å². The van der Waals surface area contributed by atoms with Crippen LogP contribution in [0.25, 0.3) is 0 Å². The molecule has 0 atom stereocenters. The van der Waals surface area contributed by atoms with Crippen LogP contribution >= 0.6 is 11.8 Å². The number of unbranched alkanes of at least 4 members (excludes halogenated alkanes) is 1. The van der Waals surface area contributed by atoms with Crippen LogP contribution in [0.1, 0.15) is 33.6 Å². The standard InChI is InChI=1S/C10H17O5SSi/c1-8(11)14-17(15-9(2)12)7-5-4-6-16-10(3)13/h4-7H2,1-3H3. The Kier molecular flexibility index (Phi) is 8.79. The van der Waals surface area contributed by atoms with E-state index >= 15 is 0 Å². The molecule has 0 aliphatic carbocycles. The summed E-state index contributed by atoms with van der Waals surface area (Å²) >= 11 is 1.27. The van der Waals surface area contributed by atoms with Crippen molar-refractivity contribution < 1.29 is 23.2 Å². The van der Waals surface area contributed by atoms with Crippen molar-refractivity contribution in [1.82, 2.24) is 0 Å². The summed E-state index contributed by atoms with van der Waals surface area (Å²) in [6, 6.07) is 0.558. The Morgan fingerprint density at radius 1 is 1.00 bits per heavy atom. The molecule has 0 saturated heterocycles. The molecule has 0 saturated carbocycles. The second-order valence-corrected chi connectivity index (χ2v) is 6.28. The zero-order valence-corrected chi connectivity index (χ0v) is 12.1. The molecule has 0 amide bonds. The van der Waals surface area contributed by atoms with Crippen LogP contribution in [0.2, 0.25) is 6.04 Å². The van der Waals surface area contributed by atoms with Gasteiger partial charge in [-0.05, 0) is 12.8 Å². The van der Waals surface area contributed by atoms with Gasteiger partial charge in [0.1, 0.15) is 0 Å². The highest BCUT2D eigenvalue weighted by molar-refractivity contribution is 8.13. The molecule has 0 rings (SSSR count). The van der Waals surface area contributed by atoms with Gasteiger partial charge < -0.3 is 8.85 Å². The first-order valence-corrected chi connectivity index (χ1v) is 7.78. The summed E-state index contributed by atoms with van der Waals surface area (Å²) in [5, 5.41) is 0.0931. The minimum absolute atomic E-state index is 0.0931. The van der Waals surface area contributed by atoms with Crippen LogP contribution in [0.3, 0.4) is 0 Å². The van der Waals surface area contributed by atoms with Crippen LogP contribution in [0.5, 0.6) is 0 Å². The fraction of sp³-hybridized carbons (Fsp3) is 0.700. The SMILES string of the molecule is CC(=O)O[Si](CCCCSC(C)=O)OC(C)=O. The second-order valence-electron chi connectivity index (χ2n) is 3.36. The molecule has 5 nitrogen and oxygen atoms in total.